The molecule has 2 aromatic carbocycles. The highest BCUT2D eigenvalue weighted by molar-refractivity contribution is 7.90. The van der Waals surface area contributed by atoms with Crippen molar-refractivity contribution in [3.8, 4) is 23.2 Å². The predicted molar refractivity (Wildman–Crippen MR) is 209 cm³/mol. The third kappa shape index (κ3) is 9.71. The van der Waals surface area contributed by atoms with Crippen LogP contribution in [0.3, 0.4) is 0 Å². The molecule has 0 saturated heterocycles. The summed E-state index contributed by atoms with van der Waals surface area (Å²) in [5, 5.41) is 11.0. The number of amides is 2. The van der Waals surface area contributed by atoms with Crippen molar-refractivity contribution < 1.29 is 26.8 Å². The van der Waals surface area contributed by atoms with Crippen molar-refractivity contribution >= 4 is 51.1 Å². The second kappa shape index (κ2) is 17.3. The number of sulfone groups is 1. The average Bonchev–Trinajstić information content (AvgIpc) is 4.03. The molecule has 0 unspecified atom stereocenters. The third-order valence-electron chi connectivity index (χ3n) is 7.87. The van der Waals surface area contributed by atoms with Gasteiger partial charge in [0.05, 0.1) is 12.5 Å². The van der Waals surface area contributed by atoms with Gasteiger partial charge >= 0.3 is 0 Å². The van der Waals surface area contributed by atoms with E-state index < -0.39 is 26.8 Å². The quantitative estimate of drug-likeness (QED) is 0.107. The van der Waals surface area contributed by atoms with Crippen LogP contribution in [0.15, 0.2) is 99.3 Å². The zero-order valence-corrected chi connectivity index (χ0v) is 31.4. The molecule has 6 aromatic heterocycles. The number of primary amides is 2. The number of nitrogens with two attached hydrogens (primary N) is 5. The largest absolute Gasteiger partial charge is 0.461 e. The lowest BCUT2D eigenvalue weighted by Gasteiger charge is -2.06. The van der Waals surface area contributed by atoms with E-state index in [1.165, 1.54) is 10.8 Å². The molecular formula is C35H36N16O6S. The van der Waals surface area contributed by atoms with E-state index in [2.05, 4.69) is 45.4 Å². The zero-order chi connectivity index (χ0) is 41.4. The standard InChI is InChI=1S/C17H16N8O2.C9H8N6O3S.C9H12N2O/c18-13(26)11-5-3-10(4-6-11)7-8-20-16-22-15(19)25-17(23-16)21-14(24-25)12-2-1-9-27-12;1-19(16,17)9-12-7(10)15-8(13-9)11-6(14-15)5-3-2-4-18-5;10-6-5-7-1-3-8(4-2-7)9(11)12/h1-6,9H,7-8H2,(H2,18,26)(H3,19,20,21,22,23,24);2-4H,1H3,(H2,10,11,12,13,14);1-4H,5-6,10H2,(H2,11,12). The van der Waals surface area contributed by atoms with Crippen LogP contribution in [0.4, 0.5) is 17.8 Å². The number of aromatic nitrogens is 10. The number of fused-ring (bicyclic) bond motifs is 2. The Morgan fingerprint density at radius 3 is 1.60 bits per heavy atom. The average molecular weight is 809 g/mol. The second-order valence-electron chi connectivity index (χ2n) is 12.1. The van der Waals surface area contributed by atoms with Gasteiger partial charge in [-0.25, -0.2) is 8.42 Å². The number of furan rings is 2. The van der Waals surface area contributed by atoms with Crippen molar-refractivity contribution in [1.29, 1.82) is 0 Å². The fourth-order valence-corrected chi connectivity index (χ4v) is 5.52. The first kappa shape index (κ1) is 39.9. The highest BCUT2D eigenvalue weighted by Gasteiger charge is 2.18. The van der Waals surface area contributed by atoms with Gasteiger partial charge in [-0.3, -0.25) is 9.59 Å². The van der Waals surface area contributed by atoms with E-state index in [1.807, 2.05) is 24.3 Å². The molecule has 8 rings (SSSR count). The molecule has 0 aliphatic rings. The smallest absolute Gasteiger partial charge is 0.259 e. The SMILES string of the molecule is CS(=O)(=O)c1nc(N)n2nc(-c3ccco3)nc2n1.NC(=O)c1ccc(CCNc2nc(N)n3nc(-c4ccco4)nc3n2)cc1.NCCc1ccc(C(N)=O)cc1. The van der Waals surface area contributed by atoms with Gasteiger partial charge < -0.3 is 42.8 Å². The maximum atomic E-state index is 11.4. The molecule has 58 heavy (non-hydrogen) atoms. The van der Waals surface area contributed by atoms with Crippen LogP contribution in [-0.4, -0.2) is 88.7 Å². The van der Waals surface area contributed by atoms with Crippen molar-refractivity contribution in [3.63, 3.8) is 0 Å². The predicted octanol–water partition coefficient (Wildman–Crippen LogP) is 1.17. The highest BCUT2D eigenvalue weighted by atomic mass is 32.2. The van der Waals surface area contributed by atoms with E-state index in [0.717, 1.165) is 28.3 Å². The highest BCUT2D eigenvalue weighted by Crippen LogP contribution is 2.19. The molecule has 11 N–H and O–H groups in total. The zero-order valence-electron chi connectivity index (χ0n) is 30.6. The molecule has 2 amide bonds. The molecule has 0 fully saturated rings. The Bertz CT molecular complexity index is 2770. The van der Waals surface area contributed by atoms with Crippen molar-refractivity contribution in [3.05, 3.63) is 108 Å². The van der Waals surface area contributed by atoms with Crippen LogP contribution in [0.2, 0.25) is 0 Å². The Morgan fingerprint density at radius 2 is 1.16 bits per heavy atom. The minimum absolute atomic E-state index is 0.0410. The number of nitrogens with zero attached hydrogens (tertiary/aromatic N) is 10. The number of carbonyl (C=O) groups is 2. The summed E-state index contributed by atoms with van der Waals surface area (Å²) in [5.41, 5.74) is 30.4. The number of hydrogen-bond acceptors (Lipinski definition) is 18. The Labute approximate surface area is 328 Å². The Hall–Kier alpha value is -7.79. The molecule has 0 aliphatic heterocycles. The first-order valence-electron chi connectivity index (χ1n) is 17.1. The Balaban J connectivity index is 0.000000159. The number of hydrogen-bond donors (Lipinski definition) is 6. The van der Waals surface area contributed by atoms with Crippen LogP contribution in [0.1, 0.15) is 31.8 Å². The number of carbonyl (C=O) groups excluding carboxylic acids is 2. The van der Waals surface area contributed by atoms with E-state index in [-0.39, 0.29) is 23.5 Å². The molecule has 0 bridgehead atoms. The molecule has 6 heterocycles. The minimum atomic E-state index is -3.57. The Kier molecular flexibility index (Phi) is 11.9. The molecule has 0 radical (unpaired) electrons. The molecule has 0 saturated carbocycles. The summed E-state index contributed by atoms with van der Waals surface area (Å²) in [4.78, 5) is 46.1. The van der Waals surface area contributed by atoms with Crippen LogP contribution in [-0.2, 0) is 22.7 Å². The molecule has 8 aromatic rings. The molecule has 0 spiro atoms. The van der Waals surface area contributed by atoms with Crippen molar-refractivity contribution in [2.75, 3.05) is 36.1 Å². The monoisotopic (exact) mass is 808 g/mol. The number of nitrogens with one attached hydrogen (secondary N) is 1. The summed E-state index contributed by atoms with van der Waals surface area (Å²) >= 11 is 0. The lowest BCUT2D eigenvalue weighted by Crippen LogP contribution is -2.12. The van der Waals surface area contributed by atoms with Crippen molar-refractivity contribution in [2.24, 2.45) is 17.2 Å². The van der Waals surface area contributed by atoms with Gasteiger partial charge in [0.1, 0.15) is 0 Å². The first-order valence-corrected chi connectivity index (χ1v) is 19.0. The van der Waals surface area contributed by atoms with Crippen LogP contribution in [0, 0.1) is 0 Å². The fourth-order valence-electron chi connectivity index (χ4n) is 5.01. The topological polar surface area (TPSA) is 349 Å². The van der Waals surface area contributed by atoms with Gasteiger partial charge in [-0.2, -0.15) is 38.9 Å². The summed E-state index contributed by atoms with van der Waals surface area (Å²) < 4.78 is 35.7. The maximum Gasteiger partial charge on any atom is 0.259 e. The summed E-state index contributed by atoms with van der Waals surface area (Å²) in [5.74, 6) is 1.50. The van der Waals surface area contributed by atoms with E-state index in [0.29, 0.717) is 59.7 Å². The fraction of sp³-hybridized carbons (Fsp3) is 0.143. The molecule has 298 valence electrons. The molecule has 0 aliphatic carbocycles. The van der Waals surface area contributed by atoms with Crippen LogP contribution in [0.25, 0.3) is 34.7 Å². The molecule has 23 heteroatoms. The minimum Gasteiger partial charge on any atom is -0.461 e. The van der Waals surface area contributed by atoms with Gasteiger partial charge in [-0.15, -0.1) is 10.2 Å². The number of benzene rings is 2. The van der Waals surface area contributed by atoms with Crippen LogP contribution < -0.4 is 34.0 Å². The first-order chi connectivity index (χ1) is 27.8. The summed E-state index contributed by atoms with van der Waals surface area (Å²) in [6, 6.07) is 21.1. The number of nitrogen functional groups attached to an aromatic ring is 2. The molecule has 22 nitrogen and oxygen atoms in total. The molecule has 0 atom stereocenters. The number of anilines is 3. The third-order valence-corrected chi connectivity index (χ3v) is 8.71. The number of rotatable bonds is 11. The van der Waals surface area contributed by atoms with Gasteiger partial charge in [-0.05, 0) is 79.0 Å². The van der Waals surface area contributed by atoms with Crippen LogP contribution >= 0.6 is 0 Å². The van der Waals surface area contributed by atoms with E-state index in [1.54, 1.807) is 54.8 Å². The van der Waals surface area contributed by atoms with Gasteiger partial charge in [0, 0.05) is 23.9 Å². The second-order valence-corrected chi connectivity index (χ2v) is 14.0. The molecular weight excluding hydrogens is 773 g/mol. The van der Waals surface area contributed by atoms with Gasteiger partial charge in [0.25, 0.3) is 16.7 Å². The summed E-state index contributed by atoms with van der Waals surface area (Å²) in [7, 11) is -3.57. The van der Waals surface area contributed by atoms with Crippen molar-refractivity contribution in [1.82, 2.24) is 49.1 Å². The van der Waals surface area contributed by atoms with E-state index in [9.17, 15) is 18.0 Å². The lowest BCUT2D eigenvalue weighted by atomic mass is 10.1. The summed E-state index contributed by atoms with van der Waals surface area (Å²) in [6.07, 6.45) is 5.54. The summed E-state index contributed by atoms with van der Waals surface area (Å²) in [6.45, 7) is 1.20. The van der Waals surface area contributed by atoms with E-state index in [4.69, 9.17) is 37.5 Å². The lowest BCUT2D eigenvalue weighted by molar-refractivity contribution is 0.0992. The normalized spacial score (nSPS) is 11.1. The van der Waals surface area contributed by atoms with Gasteiger partial charge in [0.15, 0.2) is 11.5 Å². The van der Waals surface area contributed by atoms with Crippen LogP contribution in [0.5, 0.6) is 0 Å². The van der Waals surface area contributed by atoms with E-state index >= 15 is 0 Å². The van der Waals surface area contributed by atoms with Gasteiger partial charge in [-0.1, -0.05) is 24.3 Å². The van der Waals surface area contributed by atoms with Gasteiger partial charge in [0.2, 0.25) is 51.1 Å². The van der Waals surface area contributed by atoms with Crippen molar-refractivity contribution in [2.45, 2.75) is 18.0 Å². The maximum absolute atomic E-state index is 11.4. The Morgan fingerprint density at radius 1 is 0.672 bits per heavy atom.